The van der Waals surface area contributed by atoms with E-state index in [1.807, 2.05) is 62.1 Å². The lowest BCUT2D eigenvalue weighted by Gasteiger charge is -2.37. The van der Waals surface area contributed by atoms with Crippen molar-refractivity contribution >= 4 is 27.4 Å². The standard InChI is InChI=1S/C26H34N2O5S/c1-5-33-23-9-7-6-8-22(23)24(29)20-14-16-28(17-15-20)25(30)26(2,3)18-19-10-12-21(13-11-19)27-34(4,31)32/h6-13,20,27H,5,14-18H2,1-4H3. The predicted molar refractivity (Wildman–Crippen MR) is 134 cm³/mol. The first-order valence-electron chi connectivity index (χ1n) is 11.6. The minimum Gasteiger partial charge on any atom is -0.493 e. The number of nitrogens with one attached hydrogen (secondary N) is 1. The van der Waals surface area contributed by atoms with Crippen LogP contribution in [0.5, 0.6) is 5.75 Å². The Labute approximate surface area is 202 Å². The van der Waals surface area contributed by atoms with Gasteiger partial charge in [-0.05, 0) is 56.0 Å². The lowest BCUT2D eigenvalue weighted by Crippen LogP contribution is -2.46. The molecule has 1 N–H and O–H groups in total. The first kappa shape index (κ1) is 25.7. The molecule has 0 radical (unpaired) electrons. The highest BCUT2D eigenvalue weighted by molar-refractivity contribution is 7.92. The molecule has 3 rings (SSSR count). The third kappa shape index (κ3) is 6.59. The molecule has 0 spiro atoms. The van der Waals surface area contributed by atoms with Crippen LogP contribution in [0.1, 0.15) is 49.5 Å². The smallest absolute Gasteiger partial charge is 0.229 e. The Morgan fingerprint density at radius 1 is 1.06 bits per heavy atom. The van der Waals surface area contributed by atoms with E-state index in [1.165, 1.54) is 0 Å². The Morgan fingerprint density at radius 3 is 2.26 bits per heavy atom. The molecule has 0 atom stereocenters. The van der Waals surface area contributed by atoms with Crippen molar-refractivity contribution in [3.05, 3.63) is 59.7 Å². The van der Waals surface area contributed by atoms with Crippen molar-refractivity contribution in [2.24, 2.45) is 11.3 Å². The molecule has 0 aromatic heterocycles. The van der Waals surface area contributed by atoms with Gasteiger partial charge in [0.05, 0.1) is 18.4 Å². The van der Waals surface area contributed by atoms with Crippen LogP contribution < -0.4 is 9.46 Å². The normalized spacial score (nSPS) is 15.1. The van der Waals surface area contributed by atoms with Gasteiger partial charge in [0, 0.05) is 30.1 Å². The van der Waals surface area contributed by atoms with Gasteiger partial charge in [0.25, 0.3) is 0 Å². The van der Waals surface area contributed by atoms with E-state index in [2.05, 4.69) is 4.72 Å². The number of rotatable bonds is 9. The Hall–Kier alpha value is -2.87. The molecule has 1 aliphatic rings. The number of amides is 1. The second-order valence-electron chi connectivity index (χ2n) is 9.49. The molecule has 1 fully saturated rings. The van der Waals surface area contributed by atoms with E-state index in [0.29, 0.717) is 56.0 Å². The Bertz CT molecular complexity index is 1120. The van der Waals surface area contributed by atoms with Crippen molar-refractivity contribution in [2.45, 2.75) is 40.0 Å². The molecule has 2 aromatic carbocycles. The molecule has 8 heteroatoms. The number of hydrogen-bond donors (Lipinski definition) is 1. The average Bonchev–Trinajstić information content (AvgIpc) is 2.79. The van der Waals surface area contributed by atoms with Crippen LogP contribution in [-0.4, -0.2) is 51.0 Å². The molecule has 2 aromatic rings. The number of carbonyl (C=O) groups is 2. The van der Waals surface area contributed by atoms with Crippen molar-refractivity contribution in [3.8, 4) is 5.75 Å². The van der Waals surface area contributed by atoms with E-state index in [4.69, 9.17) is 4.74 Å². The zero-order valence-electron chi connectivity index (χ0n) is 20.3. The maximum Gasteiger partial charge on any atom is 0.229 e. The van der Waals surface area contributed by atoms with E-state index in [1.54, 1.807) is 12.1 Å². The molecular weight excluding hydrogens is 452 g/mol. The third-order valence-electron chi connectivity index (χ3n) is 6.09. The van der Waals surface area contributed by atoms with Gasteiger partial charge in [-0.25, -0.2) is 8.42 Å². The fourth-order valence-electron chi connectivity index (χ4n) is 4.43. The van der Waals surface area contributed by atoms with Crippen LogP contribution in [0.4, 0.5) is 5.69 Å². The van der Waals surface area contributed by atoms with E-state index in [9.17, 15) is 18.0 Å². The minimum absolute atomic E-state index is 0.0615. The number of carbonyl (C=O) groups excluding carboxylic acids is 2. The molecule has 184 valence electrons. The van der Waals surface area contributed by atoms with Crippen LogP contribution in [0, 0.1) is 11.3 Å². The molecule has 7 nitrogen and oxygen atoms in total. The minimum atomic E-state index is -3.33. The summed E-state index contributed by atoms with van der Waals surface area (Å²) in [4.78, 5) is 28.3. The summed E-state index contributed by atoms with van der Waals surface area (Å²) in [6.45, 7) is 7.35. The third-order valence-corrected chi connectivity index (χ3v) is 6.69. The van der Waals surface area contributed by atoms with E-state index < -0.39 is 15.4 Å². The summed E-state index contributed by atoms with van der Waals surface area (Å²) in [7, 11) is -3.33. The first-order valence-corrected chi connectivity index (χ1v) is 13.5. The number of benzene rings is 2. The quantitative estimate of drug-likeness (QED) is 0.538. The number of hydrogen-bond acceptors (Lipinski definition) is 5. The van der Waals surface area contributed by atoms with Gasteiger partial charge in [-0.15, -0.1) is 0 Å². The van der Waals surface area contributed by atoms with Gasteiger partial charge >= 0.3 is 0 Å². The van der Waals surface area contributed by atoms with Crippen LogP contribution in [-0.2, 0) is 21.2 Å². The number of nitrogens with zero attached hydrogens (tertiary/aromatic N) is 1. The van der Waals surface area contributed by atoms with E-state index in [0.717, 1.165) is 11.8 Å². The van der Waals surface area contributed by atoms with Crippen molar-refractivity contribution in [3.63, 3.8) is 0 Å². The maximum atomic E-state index is 13.3. The number of ketones is 1. The second kappa shape index (κ2) is 10.6. The average molecular weight is 487 g/mol. The monoisotopic (exact) mass is 486 g/mol. The number of likely N-dealkylation sites (tertiary alicyclic amines) is 1. The van der Waals surface area contributed by atoms with Gasteiger partial charge in [0.1, 0.15) is 5.75 Å². The van der Waals surface area contributed by atoms with Gasteiger partial charge in [-0.2, -0.15) is 0 Å². The molecular formula is C26H34N2O5S. The molecule has 0 aliphatic carbocycles. The molecule has 0 saturated carbocycles. The fraction of sp³-hybridized carbons (Fsp3) is 0.462. The van der Waals surface area contributed by atoms with Crippen LogP contribution in [0.25, 0.3) is 0 Å². The van der Waals surface area contributed by atoms with Crippen molar-refractivity contribution in [1.29, 1.82) is 0 Å². The summed E-state index contributed by atoms with van der Waals surface area (Å²) in [5.41, 5.74) is 1.44. The van der Waals surface area contributed by atoms with E-state index >= 15 is 0 Å². The molecule has 34 heavy (non-hydrogen) atoms. The number of sulfonamides is 1. The first-order chi connectivity index (χ1) is 16.0. The van der Waals surface area contributed by atoms with Gasteiger partial charge in [0.2, 0.25) is 15.9 Å². The van der Waals surface area contributed by atoms with Crippen molar-refractivity contribution in [1.82, 2.24) is 4.90 Å². The second-order valence-corrected chi connectivity index (χ2v) is 11.2. The maximum absolute atomic E-state index is 13.3. The number of ether oxygens (including phenoxy) is 1. The topological polar surface area (TPSA) is 92.8 Å². The summed E-state index contributed by atoms with van der Waals surface area (Å²) in [5, 5.41) is 0. The predicted octanol–water partition coefficient (Wildman–Crippen LogP) is 4.15. The highest BCUT2D eigenvalue weighted by atomic mass is 32.2. The Morgan fingerprint density at radius 2 is 1.68 bits per heavy atom. The highest BCUT2D eigenvalue weighted by Gasteiger charge is 2.36. The lowest BCUT2D eigenvalue weighted by atomic mass is 9.82. The van der Waals surface area contributed by atoms with Crippen LogP contribution >= 0.6 is 0 Å². The highest BCUT2D eigenvalue weighted by Crippen LogP contribution is 2.31. The Balaban J connectivity index is 1.59. The zero-order valence-corrected chi connectivity index (χ0v) is 21.2. The molecule has 0 unspecified atom stereocenters. The summed E-state index contributed by atoms with van der Waals surface area (Å²) in [6.07, 6.45) is 2.91. The molecule has 1 saturated heterocycles. The number of anilines is 1. The summed E-state index contributed by atoms with van der Waals surface area (Å²) < 4.78 is 30.8. The molecule has 0 bridgehead atoms. The number of para-hydroxylation sites is 1. The van der Waals surface area contributed by atoms with Gasteiger partial charge in [-0.3, -0.25) is 14.3 Å². The fourth-order valence-corrected chi connectivity index (χ4v) is 5.00. The van der Waals surface area contributed by atoms with E-state index in [-0.39, 0.29) is 17.6 Å². The van der Waals surface area contributed by atoms with Gasteiger partial charge in [-0.1, -0.05) is 38.1 Å². The summed E-state index contributed by atoms with van der Waals surface area (Å²) >= 11 is 0. The van der Waals surface area contributed by atoms with Gasteiger partial charge in [0.15, 0.2) is 5.78 Å². The molecule has 1 aliphatic heterocycles. The van der Waals surface area contributed by atoms with Gasteiger partial charge < -0.3 is 9.64 Å². The molecule has 1 amide bonds. The molecule has 1 heterocycles. The zero-order chi connectivity index (χ0) is 24.9. The lowest BCUT2D eigenvalue weighted by molar-refractivity contribution is -0.141. The van der Waals surface area contributed by atoms with Crippen LogP contribution in [0.15, 0.2) is 48.5 Å². The van der Waals surface area contributed by atoms with Crippen LogP contribution in [0.2, 0.25) is 0 Å². The summed E-state index contributed by atoms with van der Waals surface area (Å²) in [6, 6.07) is 14.4. The van der Waals surface area contributed by atoms with Crippen LogP contribution in [0.3, 0.4) is 0 Å². The Kier molecular flexibility index (Phi) is 8.02. The number of Topliss-reactive ketones (excluding diaryl/α,β-unsaturated/α-hetero) is 1. The SMILES string of the molecule is CCOc1ccccc1C(=O)C1CCN(C(=O)C(C)(C)Cc2ccc(NS(C)(=O)=O)cc2)CC1. The van der Waals surface area contributed by atoms with Crippen molar-refractivity contribution < 1.29 is 22.7 Å². The number of piperidine rings is 1. The largest absolute Gasteiger partial charge is 0.493 e. The summed E-state index contributed by atoms with van der Waals surface area (Å²) in [5.74, 6) is 0.640. The van der Waals surface area contributed by atoms with Crippen molar-refractivity contribution in [2.75, 3.05) is 30.7 Å².